The Balaban J connectivity index is 1.66. The zero-order valence-electron chi connectivity index (χ0n) is 12.9. The van der Waals surface area contributed by atoms with Crippen LogP contribution in [0, 0.1) is 0 Å². The third-order valence-electron chi connectivity index (χ3n) is 4.20. The van der Waals surface area contributed by atoms with Gasteiger partial charge < -0.3 is 9.88 Å². The second-order valence-electron chi connectivity index (χ2n) is 5.86. The molecule has 2 aromatic rings. The van der Waals surface area contributed by atoms with Crippen molar-refractivity contribution in [2.45, 2.75) is 43.7 Å². The molecule has 112 valence electrons. The summed E-state index contributed by atoms with van der Waals surface area (Å²) in [5.74, 6) is 1.85. The molecule has 21 heavy (non-hydrogen) atoms. The Kier molecular flexibility index (Phi) is 4.71. The van der Waals surface area contributed by atoms with E-state index in [2.05, 4.69) is 66.5 Å². The molecular weight excluding hydrogens is 276 g/mol. The summed E-state index contributed by atoms with van der Waals surface area (Å²) in [5, 5.41) is 3.55. The van der Waals surface area contributed by atoms with Gasteiger partial charge in [-0.25, -0.2) is 0 Å². The summed E-state index contributed by atoms with van der Waals surface area (Å²) in [6, 6.07) is 11.5. The van der Waals surface area contributed by atoms with Crippen LogP contribution in [0.4, 0.5) is 0 Å². The van der Waals surface area contributed by atoms with E-state index in [4.69, 9.17) is 0 Å². The van der Waals surface area contributed by atoms with Gasteiger partial charge in [0, 0.05) is 41.5 Å². The number of benzene rings is 1. The van der Waals surface area contributed by atoms with E-state index in [0.29, 0.717) is 12.0 Å². The molecule has 1 aliphatic rings. The van der Waals surface area contributed by atoms with Crippen LogP contribution in [0.15, 0.2) is 47.6 Å². The van der Waals surface area contributed by atoms with Gasteiger partial charge >= 0.3 is 0 Å². The van der Waals surface area contributed by atoms with Gasteiger partial charge in [0.15, 0.2) is 0 Å². The van der Waals surface area contributed by atoms with Crippen molar-refractivity contribution < 1.29 is 0 Å². The van der Waals surface area contributed by atoms with Gasteiger partial charge in [0.1, 0.15) is 0 Å². The van der Waals surface area contributed by atoms with Crippen LogP contribution in [-0.4, -0.2) is 16.9 Å². The predicted octanol–water partition coefficient (Wildman–Crippen LogP) is 4.44. The number of aromatic nitrogens is 1. The van der Waals surface area contributed by atoms with E-state index in [1.165, 1.54) is 28.2 Å². The van der Waals surface area contributed by atoms with E-state index in [1.54, 1.807) is 0 Å². The van der Waals surface area contributed by atoms with Crippen molar-refractivity contribution >= 4 is 11.8 Å². The highest BCUT2D eigenvalue weighted by Gasteiger charge is 2.22. The molecule has 0 radical (unpaired) electrons. The number of nitrogens with one attached hydrogen (secondary N) is 1. The SMILES string of the molecule is CCCNC(C)c1ccn(CC2CSc3ccccc32)c1. The minimum Gasteiger partial charge on any atom is -0.353 e. The molecule has 3 heteroatoms. The lowest BCUT2D eigenvalue weighted by Gasteiger charge is -2.13. The Hall–Kier alpha value is -1.19. The van der Waals surface area contributed by atoms with Crippen molar-refractivity contribution in [2.24, 2.45) is 0 Å². The molecule has 2 nitrogen and oxygen atoms in total. The fourth-order valence-corrected chi connectivity index (χ4v) is 4.18. The lowest BCUT2D eigenvalue weighted by Crippen LogP contribution is -2.18. The minimum absolute atomic E-state index is 0.441. The number of rotatable bonds is 6. The second kappa shape index (κ2) is 6.71. The van der Waals surface area contributed by atoms with Crippen molar-refractivity contribution in [3.63, 3.8) is 0 Å². The van der Waals surface area contributed by atoms with Crippen molar-refractivity contribution in [1.82, 2.24) is 9.88 Å². The molecule has 1 aliphatic heterocycles. The highest BCUT2D eigenvalue weighted by molar-refractivity contribution is 7.99. The minimum atomic E-state index is 0.441. The lowest BCUT2D eigenvalue weighted by molar-refractivity contribution is 0.564. The first-order valence-electron chi connectivity index (χ1n) is 7.88. The lowest BCUT2D eigenvalue weighted by atomic mass is 10.0. The van der Waals surface area contributed by atoms with Crippen molar-refractivity contribution in [2.75, 3.05) is 12.3 Å². The monoisotopic (exact) mass is 300 g/mol. The van der Waals surface area contributed by atoms with Crippen molar-refractivity contribution in [3.8, 4) is 0 Å². The first kappa shape index (κ1) is 14.7. The molecule has 0 saturated carbocycles. The zero-order chi connectivity index (χ0) is 14.7. The van der Waals surface area contributed by atoms with Crippen LogP contribution in [0.25, 0.3) is 0 Å². The number of fused-ring (bicyclic) bond motifs is 1. The molecule has 0 amide bonds. The Morgan fingerprint density at radius 3 is 3.05 bits per heavy atom. The van der Waals surface area contributed by atoms with Crippen LogP contribution < -0.4 is 5.32 Å². The molecule has 3 rings (SSSR count). The molecule has 0 bridgehead atoms. The molecule has 1 aromatic heterocycles. The van der Waals surface area contributed by atoms with Gasteiger partial charge in [-0.15, -0.1) is 11.8 Å². The van der Waals surface area contributed by atoms with Crippen LogP contribution in [0.5, 0.6) is 0 Å². The summed E-state index contributed by atoms with van der Waals surface area (Å²) in [5.41, 5.74) is 2.91. The average molecular weight is 300 g/mol. The number of thioether (sulfide) groups is 1. The molecule has 1 aromatic carbocycles. The van der Waals surface area contributed by atoms with Gasteiger partial charge in [-0.1, -0.05) is 25.1 Å². The normalized spacial score (nSPS) is 18.7. The van der Waals surface area contributed by atoms with Crippen LogP contribution in [0.1, 0.15) is 43.4 Å². The number of nitrogens with zero attached hydrogens (tertiary/aromatic N) is 1. The maximum atomic E-state index is 3.55. The van der Waals surface area contributed by atoms with Gasteiger partial charge in [-0.05, 0) is 43.1 Å². The molecule has 0 spiro atoms. The van der Waals surface area contributed by atoms with Gasteiger partial charge in [0.25, 0.3) is 0 Å². The summed E-state index contributed by atoms with van der Waals surface area (Å²) in [4.78, 5) is 1.47. The first-order valence-corrected chi connectivity index (χ1v) is 8.87. The fourth-order valence-electron chi connectivity index (χ4n) is 2.94. The molecule has 0 aliphatic carbocycles. The van der Waals surface area contributed by atoms with E-state index in [-0.39, 0.29) is 0 Å². The van der Waals surface area contributed by atoms with Crippen molar-refractivity contribution in [1.29, 1.82) is 0 Å². The molecule has 2 atom stereocenters. The molecule has 2 unspecified atom stereocenters. The van der Waals surface area contributed by atoms with E-state index in [0.717, 1.165) is 13.1 Å². The molecular formula is C18H24N2S. The molecule has 0 fully saturated rings. The topological polar surface area (TPSA) is 17.0 Å². The third kappa shape index (κ3) is 3.35. The molecule has 1 N–H and O–H groups in total. The highest BCUT2D eigenvalue weighted by Crippen LogP contribution is 2.40. The van der Waals surface area contributed by atoms with Gasteiger partial charge in [-0.3, -0.25) is 0 Å². The first-order chi connectivity index (χ1) is 10.3. The quantitative estimate of drug-likeness (QED) is 0.849. The Labute approximate surface area is 131 Å². The van der Waals surface area contributed by atoms with E-state index >= 15 is 0 Å². The summed E-state index contributed by atoms with van der Waals surface area (Å²) < 4.78 is 2.35. The van der Waals surface area contributed by atoms with E-state index < -0.39 is 0 Å². The van der Waals surface area contributed by atoms with Gasteiger partial charge in [0.2, 0.25) is 0 Å². The molecule has 0 saturated heterocycles. The van der Waals surface area contributed by atoms with E-state index in [1.807, 2.05) is 11.8 Å². The van der Waals surface area contributed by atoms with Gasteiger partial charge in [-0.2, -0.15) is 0 Å². The largest absolute Gasteiger partial charge is 0.353 e. The summed E-state index contributed by atoms with van der Waals surface area (Å²) in [6.45, 7) is 6.62. The summed E-state index contributed by atoms with van der Waals surface area (Å²) in [7, 11) is 0. The van der Waals surface area contributed by atoms with Crippen LogP contribution in [-0.2, 0) is 6.54 Å². The Morgan fingerprint density at radius 2 is 2.19 bits per heavy atom. The maximum Gasteiger partial charge on any atom is 0.0306 e. The third-order valence-corrected chi connectivity index (χ3v) is 5.46. The zero-order valence-corrected chi connectivity index (χ0v) is 13.7. The predicted molar refractivity (Wildman–Crippen MR) is 91.0 cm³/mol. The average Bonchev–Trinajstić information content (AvgIpc) is 3.13. The summed E-state index contributed by atoms with van der Waals surface area (Å²) in [6.07, 6.45) is 5.71. The number of hydrogen-bond donors (Lipinski definition) is 1. The Bertz CT molecular complexity index is 590. The van der Waals surface area contributed by atoms with Crippen molar-refractivity contribution in [3.05, 3.63) is 53.9 Å². The molecule has 2 heterocycles. The van der Waals surface area contributed by atoms with E-state index in [9.17, 15) is 0 Å². The smallest absolute Gasteiger partial charge is 0.0306 e. The maximum absolute atomic E-state index is 3.55. The van der Waals surface area contributed by atoms with Crippen LogP contribution >= 0.6 is 11.8 Å². The van der Waals surface area contributed by atoms with Crippen LogP contribution in [0.2, 0.25) is 0 Å². The van der Waals surface area contributed by atoms with Crippen LogP contribution in [0.3, 0.4) is 0 Å². The van der Waals surface area contributed by atoms with Gasteiger partial charge in [0.05, 0.1) is 0 Å². The summed E-state index contributed by atoms with van der Waals surface area (Å²) >= 11 is 1.99. The number of hydrogen-bond acceptors (Lipinski definition) is 2. The Morgan fingerprint density at radius 1 is 1.33 bits per heavy atom. The standard InChI is InChI=1S/C18H24N2S/c1-3-9-19-14(2)15-8-10-20(11-15)12-16-13-21-18-7-5-4-6-17(16)18/h4-8,10-11,14,16,19H,3,9,12-13H2,1-2H3. The fraction of sp³-hybridized carbons (Fsp3) is 0.444. The second-order valence-corrected chi connectivity index (χ2v) is 6.93. The highest BCUT2D eigenvalue weighted by atomic mass is 32.2.